The summed E-state index contributed by atoms with van der Waals surface area (Å²) in [6.45, 7) is 1.02. The predicted octanol–water partition coefficient (Wildman–Crippen LogP) is 1.70. The Hall–Kier alpha value is -1.26. The van der Waals surface area contributed by atoms with E-state index in [-0.39, 0.29) is 0 Å². The summed E-state index contributed by atoms with van der Waals surface area (Å²) in [6, 6.07) is 5.44. The third-order valence-electron chi connectivity index (χ3n) is 3.13. The Kier molecular flexibility index (Phi) is 3.54. The predicted molar refractivity (Wildman–Crippen MR) is 63.5 cm³/mol. The van der Waals surface area contributed by atoms with Crippen LogP contribution in [0.2, 0.25) is 0 Å². The summed E-state index contributed by atoms with van der Waals surface area (Å²) in [5.74, 6) is 1.35. The van der Waals surface area contributed by atoms with Gasteiger partial charge in [0.25, 0.3) is 0 Å². The number of hydrogen-bond acceptors (Lipinski definition) is 4. The fourth-order valence-electron chi connectivity index (χ4n) is 2.18. The van der Waals surface area contributed by atoms with Crippen molar-refractivity contribution in [3.8, 4) is 11.5 Å². The van der Waals surface area contributed by atoms with Crippen molar-refractivity contribution < 1.29 is 19.3 Å². The van der Waals surface area contributed by atoms with Gasteiger partial charge in [-0.05, 0) is 25.0 Å². The zero-order valence-electron chi connectivity index (χ0n) is 10.2. The molecule has 1 aliphatic rings. The quantitative estimate of drug-likeness (QED) is 0.870. The molecule has 0 saturated carbocycles. The minimum absolute atomic E-state index is 0.315. The zero-order chi connectivity index (χ0) is 12.3. The molecule has 1 fully saturated rings. The van der Waals surface area contributed by atoms with Crippen molar-refractivity contribution in [2.45, 2.75) is 18.4 Å². The maximum absolute atomic E-state index is 10.6. The molecular weight excluding hydrogens is 220 g/mol. The van der Waals surface area contributed by atoms with Crippen LogP contribution in [0.5, 0.6) is 11.5 Å². The molecule has 4 nitrogen and oxygen atoms in total. The van der Waals surface area contributed by atoms with Gasteiger partial charge in [-0.15, -0.1) is 0 Å². The summed E-state index contributed by atoms with van der Waals surface area (Å²) >= 11 is 0. The molecule has 0 radical (unpaired) electrons. The Labute approximate surface area is 101 Å². The Balaban J connectivity index is 2.36. The van der Waals surface area contributed by atoms with E-state index in [1.165, 1.54) is 0 Å². The van der Waals surface area contributed by atoms with Crippen molar-refractivity contribution in [3.63, 3.8) is 0 Å². The topological polar surface area (TPSA) is 47.9 Å². The van der Waals surface area contributed by atoms with Crippen LogP contribution < -0.4 is 9.47 Å². The van der Waals surface area contributed by atoms with E-state index < -0.39 is 5.60 Å². The molecule has 94 valence electrons. The van der Waals surface area contributed by atoms with E-state index in [1.807, 2.05) is 12.1 Å². The van der Waals surface area contributed by atoms with Crippen LogP contribution in [0.4, 0.5) is 0 Å². The molecule has 1 unspecified atom stereocenters. The van der Waals surface area contributed by atoms with E-state index in [1.54, 1.807) is 20.3 Å². The van der Waals surface area contributed by atoms with Crippen LogP contribution in [0.15, 0.2) is 18.2 Å². The summed E-state index contributed by atoms with van der Waals surface area (Å²) < 4.78 is 15.8. The SMILES string of the molecule is COc1ccc(C2(O)CCCOC2)c(OC)c1. The standard InChI is InChI=1S/C13H18O4/c1-15-10-4-5-11(12(8-10)16-2)13(14)6-3-7-17-9-13/h4-5,8,14H,3,6-7,9H2,1-2H3. The molecule has 2 rings (SSSR count). The van der Waals surface area contributed by atoms with Crippen molar-refractivity contribution in [2.75, 3.05) is 27.4 Å². The van der Waals surface area contributed by atoms with Crippen molar-refractivity contribution in [2.24, 2.45) is 0 Å². The molecule has 1 aromatic rings. The lowest BCUT2D eigenvalue weighted by molar-refractivity contribution is -0.0912. The molecule has 17 heavy (non-hydrogen) atoms. The largest absolute Gasteiger partial charge is 0.497 e. The molecule has 0 bridgehead atoms. The van der Waals surface area contributed by atoms with Gasteiger partial charge < -0.3 is 19.3 Å². The van der Waals surface area contributed by atoms with Gasteiger partial charge in [-0.2, -0.15) is 0 Å². The second-order valence-corrected chi connectivity index (χ2v) is 4.25. The number of benzene rings is 1. The second kappa shape index (κ2) is 4.94. The van der Waals surface area contributed by atoms with Crippen LogP contribution in [-0.2, 0) is 10.3 Å². The van der Waals surface area contributed by atoms with Crippen LogP contribution >= 0.6 is 0 Å². The van der Waals surface area contributed by atoms with Crippen LogP contribution in [0.3, 0.4) is 0 Å². The molecule has 0 aromatic heterocycles. The Bertz CT molecular complexity index is 383. The molecule has 1 atom stereocenters. The van der Waals surface area contributed by atoms with Crippen LogP contribution in [0.1, 0.15) is 18.4 Å². The maximum atomic E-state index is 10.6. The summed E-state index contributed by atoms with van der Waals surface area (Å²) in [7, 11) is 3.19. The lowest BCUT2D eigenvalue weighted by Crippen LogP contribution is -2.36. The fraction of sp³-hybridized carbons (Fsp3) is 0.538. The fourth-order valence-corrected chi connectivity index (χ4v) is 2.18. The van der Waals surface area contributed by atoms with Gasteiger partial charge in [-0.3, -0.25) is 0 Å². The molecule has 1 heterocycles. The van der Waals surface area contributed by atoms with Gasteiger partial charge in [0.15, 0.2) is 0 Å². The van der Waals surface area contributed by atoms with Crippen LogP contribution in [-0.4, -0.2) is 32.5 Å². The first-order valence-corrected chi connectivity index (χ1v) is 5.72. The Morgan fingerprint density at radius 1 is 1.29 bits per heavy atom. The molecule has 1 aromatic carbocycles. The molecule has 1 saturated heterocycles. The maximum Gasteiger partial charge on any atom is 0.128 e. The van der Waals surface area contributed by atoms with Crippen molar-refractivity contribution in [1.82, 2.24) is 0 Å². The first kappa shape index (κ1) is 12.2. The van der Waals surface area contributed by atoms with Gasteiger partial charge in [0.05, 0.1) is 20.8 Å². The van der Waals surface area contributed by atoms with Gasteiger partial charge in [0.1, 0.15) is 17.1 Å². The molecule has 1 aliphatic heterocycles. The number of ether oxygens (including phenoxy) is 3. The molecule has 0 aliphatic carbocycles. The van der Waals surface area contributed by atoms with E-state index >= 15 is 0 Å². The lowest BCUT2D eigenvalue weighted by Gasteiger charge is -2.33. The van der Waals surface area contributed by atoms with Crippen molar-refractivity contribution in [3.05, 3.63) is 23.8 Å². The third kappa shape index (κ3) is 2.37. The normalized spacial score (nSPS) is 24.4. The monoisotopic (exact) mass is 238 g/mol. The summed E-state index contributed by atoms with van der Waals surface area (Å²) in [6.07, 6.45) is 1.54. The average Bonchev–Trinajstić information content (AvgIpc) is 2.38. The van der Waals surface area contributed by atoms with E-state index in [0.717, 1.165) is 12.0 Å². The summed E-state index contributed by atoms with van der Waals surface area (Å²) in [5, 5.41) is 10.6. The van der Waals surface area contributed by atoms with E-state index in [9.17, 15) is 5.11 Å². The highest BCUT2D eigenvalue weighted by atomic mass is 16.5. The second-order valence-electron chi connectivity index (χ2n) is 4.25. The third-order valence-corrected chi connectivity index (χ3v) is 3.13. The Morgan fingerprint density at radius 3 is 2.71 bits per heavy atom. The molecule has 0 amide bonds. The highest BCUT2D eigenvalue weighted by Gasteiger charge is 2.34. The first-order chi connectivity index (χ1) is 8.19. The lowest BCUT2D eigenvalue weighted by atomic mass is 9.88. The van der Waals surface area contributed by atoms with Crippen molar-refractivity contribution in [1.29, 1.82) is 0 Å². The van der Waals surface area contributed by atoms with E-state index in [4.69, 9.17) is 14.2 Å². The molecule has 4 heteroatoms. The number of rotatable bonds is 3. The number of aliphatic hydroxyl groups is 1. The zero-order valence-corrected chi connectivity index (χ0v) is 10.2. The highest BCUT2D eigenvalue weighted by Crippen LogP contribution is 2.37. The summed E-state index contributed by atoms with van der Waals surface area (Å²) in [4.78, 5) is 0. The van der Waals surface area contributed by atoms with E-state index in [2.05, 4.69) is 0 Å². The highest BCUT2D eigenvalue weighted by molar-refractivity contribution is 5.44. The minimum Gasteiger partial charge on any atom is -0.497 e. The molecule has 0 spiro atoms. The number of hydrogen-bond donors (Lipinski definition) is 1. The van der Waals surface area contributed by atoms with Crippen LogP contribution in [0, 0.1) is 0 Å². The smallest absolute Gasteiger partial charge is 0.128 e. The minimum atomic E-state index is -0.949. The van der Waals surface area contributed by atoms with Gasteiger partial charge in [-0.25, -0.2) is 0 Å². The van der Waals surface area contributed by atoms with Gasteiger partial charge >= 0.3 is 0 Å². The van der Waals surface area contributed by atoms with Gasteiger partial charge in [0.2, 0.25) is 0 Å². The summed E-state index contributed by atoms with van der Waals surface area (Å²) in [5.41, 5.74) is -0.184. The first-order valence-electron chi connectivity index (χ1n) is 5.72. The van der Waals surface area contributed by atoms with Gasteiger partial charge in [0, 0.05) is 18.2 Å². The average molecular weight is 238 g/mol. The van der Waals surface area contributed by atoms with E-state index in [0.29, 0.717) is 31.1 Å². The number of methoxy groups -OCH3 is 2. The Morgan fingerprint density at radius 2 is 2.12 bits per heavy atom. The van der Waals surface area contributed by atoms with Crippen molar-refractivity contribution >= 4 is 0 Å². The molecular formula is C13H18O4. The van der Waals surface area contributed by atoms with Gasteiger partial charge in [-0.1, -0.05) is 0 Å². The molecule has 1 N–H and O–H groups in total. The van der Waals surface area contributed by atoms with Crippen LogP contribution in [0.25, 0.3) is 0 Å².